The molecule has 1 aromatic carbocycles. The summed E-state index contributed by atoms with van der Waals surface area (Å²) in [4.78, 5) is 13.2. The third kappa shape index (κ3) is 3.49. The topological polar surface area (TPSA) is 35.5 Å². The largest absolute Gasteiger partial charge is 0.497 e. The van der Waals surface area contributed by atoms with Gasteiger partial charge in [0.2, 0.25) is 0 Å². The molecule has 2 aromatic rings. The summed E-state index contributed by atoms with van der Waals surface area (Å²) in [5.74, 6) is 1.06. The van der Waals surface area contributed by atoms with Gasteiger partial charge in [0.05, 0.1) is 19.8 Å². The third-order valence-electron chi connectivity index (χ3n) is 2.66. The molecule has 0 aliphatic carbocycles. The molecule has 0 saturated heterocycles. The van der Waals surface area contributed by atoms with E-state index in [9.17, 15) is 4.79 Å². The molecule has 0 atom stereocenters. The second-order valence-electron chi connectivity index (χ2n) is 3.93. The highest BCUT2D eigenvalue weighted by Gasteiger charge is 2.10. The maximum Gasteiger partial charge on any atom is 0.189 e. The van der Waals surface area contributed by atoms with Gasteiger partial charge in [-0.15, -0.1) is 11.3 Å². The van der Waals surface area contributed by atoms with E-state index in [0.29, 0.717) is 17.1 Å². The lowest BCUT2D eigenvalue weighted by atomic mass is 10.1. The summed E-state index contributed by atoms with van der Waals surface area (Å²) >= 11 is 4.95. The molecule has 3 nitrogen and oxygen atoms in total. The van der Waals surface area contributed by atoms with Gasteiger partial charge in [-0.25, -0.2) is 0 Å². The number of benzene rings is 1. The van der Waals surface area contributed by atoms with Crippen molar-refractivity contribution in [2.75, 3.05) is 14.2 Å². The van der Waals surface area contributed by atoms with Crippen LogP contribution in [0.1, 0.15) is 15.2 Å². The molecule has 0 aliphatic heterocycles. The highest BCUT2D eigenvalue weighted by Crippen LogP contribution is 2.26. The van der Waals surface area contributed by atoms with E-state index in [1.807, 2.05) is 11.4 Å². The van der Waals surface area contributed by atoms with Crippen LogP contribution in [0.5, 0.6) is 11.5 Å². The van der Waals surface area contributed by atoms with Crippen molar-refractivity contribution >= 4 is 39.1 Å². The number of methoxy groups -OCH3 is 2. The van der Waals surface area contributed by atoms with E-state index in [1.54, 1.807) is 48.8 Å². The Morgan fingerprint density at radius 2 is 2.05 bits per heavy atom. The van der Waals surface area contributed by atoms with Gasteiger partial charge in [-0.05, 0) is 46.3 Å². The Morgan fingerprint density at radius 3 is 2.65 bits per heavy atom. The van der Waals surface area contributed by atoms with Crippen molar-refractivity contribution in [1.82, 2.24) is 0 Å². The first-order chi connectivity index (χ1) is 9.63. The number of allylic oxidation sites excluding steroid dienone is 1. The molecule has 0 spiro atoms. The fourth-order valence-electron chi connectivity index (χ4n) is 1.67. The van der Waals surface area contributed by atoms with Crippen molar-refractivity contribution in [3.05, 3.63) is 50.6 Å². The Bertz CT molecular complexity index is 646. The van der Waals surface area contributed by atoms with E-state index in [-0.39, 0.29) is 5.78 Å². The molecule has 0 fully saturated rings. The first kappa shape index (κ1) is 14.8. The summed E-state index contributed by atoms with van der Waals surface area (Å²) < 4.78 is 11.3. The van der Waals surface area contributed by atoms with E-state index >= 15 is 0 Å². The minimum atomic E-state index is -0.103. The van der Waals surface area contributed by atoms with E-state index in [1.165, 1.54) is 7.11 Å². The van der Waals surface area contributed by atoms with Gasteiger partial charge in [-0.2, -0.15) is 0 Å². The summed E-state index contributed by atoms with van der Waals surface area (Å²) in [5.41, 5.74) is 0.514. The molecule has 5 heteroatoms. The fourth-order valence-corrected chi connectivity index (χ4v) is 3.00. The number of hydrogen-bond donors (Lipinski definition) is 0. The lowest BCUT2D eigenvalue weighted by Crippen LogP contribution is -1.99. The van der Waals surface area contributed by atoms with Crippen LogP contribution in [-0.2, 0) is 0 Å². The molecule has 104 valence electrons. The van der Waals surface area contributed by atoms with Gasteiger partial charge >= 0.3 is 0 Å². The average molecular weight is 353 g/mol. The van der Waals surface area contributed by atoms with Crippen molar-refractivity contribution in [3.8, 4) is 11.5 Å². The number of halogens is 1. The molecule has 20 heavy (non-hydrogen) atoms. The van der Waals surface area contributed by atoms with E-state index in [0.717, 1.165) is 9.35 Å². The number of ketones is 1. The summed E-state index contributed by atoms with van der Waals surface area (Å²) in [6, 6.07) is 7.10. The molecule has 0 saturated carbocycles. The van der Waals surface area contributed by atoms with Crippen LogP contribution < -0.4 is 9.47 Å². The molecule has 0 radical (unpaired) electrons. The number of carbonyl (C=O) groups is 1. The predicted molar refractivity (Wildman–Crippen MR) is 84.9 cm³/mol. The lowest BCUT2D eigenvalue weighted by molar-refractivity contribution is 0.104. The molecule has 0 unspecified atom stereocenters. The van der Waals surface area contributed by atoms with Gasteiger partial charge in [-0.3, -0.25) is 4.79 Å². The van der Waals surface area contributed by atoms with Crippen LogP contribution in [-0.4, -0.2) is 20.0 Å². The predicted octanol–water partition coefficient (Wildman–Crippen LogP) is 4.42. The minimum absolute atomic E-state index is 0.103. The van der Waals surface area contributed by atoms with E-state index in [2.05, 4.69) is 15.9 Å². The zero-order chi connectivity index (χ0) is 14.5. The van der Waals surface area contributed by atoms with E-state index in [4.69, 9.17) is 9.47 Å². The number of thiophene rings is 1. The van der Waals surface area contributed by atoms with Crippen LogP contribution in [0.25, 0.3) is 6.08 Å². The maximum atomic E-state index is 12.2. The monoisotopic (exact) mass is 352 g/mol. The van der Waals surface area contributed by atoms with Crippen LogP contribution in [0.15, 0.2) is 40.2 Å². The molecule has 1 heterocycles. The van der Waals surface area contributed by atoms with Gasteiger partial charge in [-0.1, -0.05) is 0 Å². The Labute approximate surface area is 130 Å². The summed E-state index contributed by atoms with van der Waals surface area (Å²) in [5, 5.41) is 1.97. The maximum absolute atomic E-state index is 12.2. The molecule has 1 aromatic heterocycles. The van der Waals surface area contributed by atoms with Gasteiger partial charge < -0.3 is 9.47 Å². The zero-order valence-electron chi connectivity index (χ0n) is 11.1. The fraction of sp³-hybridized carbons (Fsp3) is 0.133. The Morgan fingerprint density at radius 1 is 1.25 bits per heavy atom. The van der Waals surface area contributed by atoms with Gasteiger partial charge in [0, 0.05) is 20.8 Å². The lowest BCUT2D eigenvalue weighted by Gasteiger charge is -2.07. The van der Waals surface area contributed by atoms with Crippen LogP contribution in [0, 0.1) is 0 Å². The van der Waals surface area contributed by atoms with Crippen molar-refractivity contribution in [3.63, 3.8) is 0 Å². The van der Waals surface area contributed by atoms with Gasteiger partial charge in [0.1, 0.15) is 11.5 Å². The summed E-state index contributed by atoms with van der Waals surface area (Å²) in [6.07, 6.45) is 3.34. The molecular formula is C15H13BrO3S. The Hall–Kier alpha value is -1.59. The standard InChI is InChI=1S/C15H13BrO3S/c1-18-11-3-5-13(15(8-11)19-2)14(17)6-4-12-7-10(16)9-20-12/h3-9H,1-2H3. The molecule has 0 N–H and O–H groups in total. The summed E-state index contributed by atoms with van der Waals surface area (Å²) in [7, 11) is 3.11. The number of ether oxygens (including phenoxy) is 2. The zero-order valence-corrected chi connectivity index (χ0v) is 13.5. The Balaban J connectivity index is 2.22. The second-order valence-corrected chi connectivity index (χ2v) is 5.79. The quantitative estimate of drug-likeness (QED) is 0.590. The normalized spacial score (nSPS) is 10.8. The van der Waals surface area contributed by atoms with Crippen LogP contribution >= 0.6 is 27.3 Å². The molecule has 0 amide bonds. The van der Waals surface area contributed by atoms with Crippen molar-refractivity contribution in [1.29, 1.82) is 0 Å². The van der Waals surface area contributed by atoms with Crippen molar-refractivity contribution in [2.24, 2.45) is 0 Å². The van der Waals surface area contributed by atoms with Crippen molar-refractivity contribution in [2.45, 2.75) is 0 Å². The van der Waals surface area contributed by atoms with Crippen molar-refractivity contribution < 1.29 is 14.3 Å². The Kier molecular flexibility index (Phi) is 4.98. The van der Waals surface area contributed by atoms with Gasteiger partial charge in [0.25, 0.3) is 0 Å². The third-order valence-corrected chi connectivity index (χ3v) is 4.32. The first-order valence-corrected chi connectivity index (χ1v) is 7.50. The number of rotatable bonds is 5. The molecule has 0 aliphatic rings. The SMILES string of the molecule is COc1ccc(C(=O)C=Cc2cc(Br)cs2)c(OC)c1. The highest BCUT2D eigenvalue weighted by atomic mass is 79.9. The molecular weight excluding hydrogens is 340 g/mol. The van der Waals surface area contributed by atoms with Crippen LogP contribution in [0.3, 0.4) is 0 Å². The average Bonchev–Trinajstić information content (AvgIpc) is 2.89. The smallest absolute Gasteiger partial charge is 0.189 e. The molecule has 2 rings (SSSR count). The number of carbonyl (C=O) groups excluding carboxylic acids is 1. The second kappa shape index (κ2) is 6.72. The first-order valence-electron chi connectivity index (χ1n) is 5.82. The van der Waals surface area contributed by atoms with Crippen LogP contribution in [0.2, 0.25) is 0 Å². The highest BCUT2D eigenvalue weighted by molar-refractivity contribution is 9.10. The van der Waals surface area contributed by atoms with E-state index < -0.39 is 0 Å². The van der Waals surface area contributed by atoms with Gasteiger partial charge in [0.15, 0.2) is 5.78 Å². The summed E-state index contributed by atoms with van der Waals surface area (Å²) in [6.45, 7) is 0. The van der Waals surface area contributed by atoms with Crippen LogP contribution in [0.4, 0.5) is 0 Å². The molecule has 0 bridgehead atoms. The number of hydrogen-bond acceptors (Lipinski definition) is 4. The minimum Gasteiger partial charge on any atom is -0.497 e.